The number of carbonyl (C=O) groups excluding carboxylic acids is 1. The zero-order chi connectivity index (χ0) is 18.7. The van der Waals surface area contributed by atoms with Gasteiger partial charge in [-0.1, -0.05) is 48.5 Å². The van der Waals surface area contributed by atoms with Gasteiger partial charge in [0.15, 0.2) is 0 Å². The SMILES string of the molecule is C[C@@H]1OC2(CCN(CCc3ccccc3)CC2)CN(c2ccccc2)C1=O. The van der Waals surface area contributed by atoms with Crippen molar-refractivity contribution in [3.8, 4) is 0 Å². The number of likely N-dealkylation sites (tertiary alicyclic amines) is 1. The van der Waals surface area contributed by atoms with Gasteiger partial charge in [-0.25, -0.2) is 0 Å². The Balaban J connectivity index is 1.38. The van der Waals surface area contributed by atoms with E-state index in [1.54, 1.807) is 0 Å². The van der Waals surface area contributed by atoms with Gasteiger partial charge in [-0.15, -0.1) is 0 Å². The Morgan fingerprint density at radius 1 is 1.00 bits per heavy atom. The molecule has 4 heteroatoms. The predicted octanol–water partition coefficient (Wildman–Crippen LogP) is 3.52. The molecule has 0 bridgehead atoms. The average molecular weight is 364 g/mol. The second-order valence-corrected chi connectivity index (χ2v) is 7.78. The van der Waals surface area contributed by atoms with E-state index in [-0.39, 0.29) is 17.6 Å². The van der Waals surface area contributed by atoms with E-state index in [2.05, 4.69) is 35.2 Å². The smallest absolute Gasteiger partial charge is 0.255 e. The van der Waals surface area contributed by atoms with Crippen molar-refractivity contribution in [2.45, 2.75) is 37.9 Å². The summed E-state index contributed by atoms with van der Waals surface area (Å²) in [5, 5.41) is 0. The maximum Gasteiger partial charge on any atom is 0.255 e. The summed E-state index contributed by atoms with van der Waals surface area (Å²) in [7, 11) is 0. The van der Waals surface area contributed by atoms with Crippen LogP contribution in [0.2, 0.25) is 0 Å². The molecule has 4 nitrogen and oxygen atoms in total. The van der Waals surface area contributed by atoms with Gasteiger partial charge in [0.25, 0.3) is 5.91 Å². The topological polar surface area (TPSA) is 32.8 Å². The number of hydrogen-bond donors (Lipinski definition) is 0. The van der Waals surface area contributed by atoms with Crippen molar-refractivity contribution in [3.05, 3.63) is 66.2 Å². The van der Waals surface area contributed by atoms with E-state index >= 15 is 0 Å². The molecule has 0 saturated carbocycles. The summed E-state index contributed by atoms with van der Waals surface area (Å²) in [6.45, 7) is 5.68. The van der Waals surface area contributed by atoms with Crippen LogP contribution in [0.15, 0.2) is 60.7 Å². The van der Waals surface area contributed by atoms with Gasteiger partial charge in [-0.3, -0.25) is 4.79 Å². The molecular formula is C23H28N2O2. The average Bonchev–Trinajstić information content (AvgIpc) is 2.72. The van der Waals surface area contributed by atoms with Crippen molar-refractivity contribution in [2.24, 2.45) is 0 Å². The lowest BCUT2D eigenvalue weighted by Crippen LogP contribution is -2.61. The highest BCUT2D eigenvalue weighted by Crippen LogP contribution is 2.35. The number of hydrogen-bond acceptors (Lipinski definition) is 3. The fraction of sp³-hybridized carbons (Fsp3) is 0.435. The third kappa shape index (κ3) is 4.07. The summed E-state index contributed by atoms with van der Waals surface area (Å²) < 4.78 is 6.27. The van der Waals surface area contributed by atoms with Crippen molar-refractivity contribution in [1.29, 1.82) is 0 Å². The molecule has 2 aliphatic rings. The maximum absolute atomic E-state index is 12.7. The molecule has 2 aromatic carbocycles. The molecule has 0 radical (unpaired) electrons. The Morgan fingerprint density at radius 2 is 1.63 bits per heavy atom. The number of benzene rings is 2. The van der Waals surface area contributed by atoms with Crippen LogP contribution < -0.4 is 4.90 Å². The molecule has 27 heavy (non-hydrogen) atoms. The molecule has 1 atom stereocenters. The van der Waals surface area contributed by atoms with Crippen molar-refractivity contribution in [3.63, 3.8) is 0 Å². The molecular weight excluding hydrogens is 336 g/mol. The third-order valence-corrected chi connectivity index (χ3v) is 5.88. The molecule has 0 aliphatic carbocycles. The van der Waals surface area contributed by atoms with Crippen LogP contribution in [-0.2, 0) is 16.0 Å². The molecule has 1 spiro atoms. The molecule has 0 N–H and O–H groups in total. The summed E-state index contributed by atoms with van der Waals surface area (Å²) in [6.07, 6.45) is 2.65. The number of piperidine rings is 1. The summed E-state index contributed by atoms with van der Waals surface area (Å²) >= 11 is 0. The van der Waals surface area contributed by atoms with E-state index in [9.17, 15) is 4.79 Å². The van der Waals surface area contributed by atoms with Gasteiger partial charge in [0.1, 0.15) is 6.10 Å². The van der Waals surface area contributed by atoms with Gasteiger partial charge < -0.3 is 14.5 Å². The van der Waals surface area contributed by atoms with E-state index in [0.29, 0.717) is 6.54 Å². The van der Waals surface area contributed by atoms with Gasteiger partial charge in [-0.2, -0.15) is 0 Å². The number of carbonyl (C=O) groups is 1. The minimum absolute atomic E-state index is 0.0679. The van der Waals surface area contributed by atoms with Crippen LogP contribution in [0.4, 0.5) is 5.69 Å². The molecule has 0 aromatic heterocycles. The van der Waals surface area contributed by atoms with E-state index < -0.39 is 0 Å². The number of para-hydroxylation sites is 1. The van der Waals surface area contributed by atoms with Crippen LogP contribution in [-0.4, -0.2) is 48.7 Å². The number of nitrogens with zero attached hydrogens (tertiary/aromatic N) is 2. The highest BCUT2D eigenvalue weighted by atomic mass is 16.5. The summed E-state index contributed by atoms with van der Waals surface area (Å²) in [5.41, 5.74) is 2.15. The molecule has 142 valence electrons. The fourth-order valence-corrected chi connectivity index (χ4v) is 4.27. The van der Waals surface area contributed by atoms with Gasteiger partial charge >= 0.3 is 0 Å². The Morgan fingerprint density at radius 3 is 2.30 bits per heavy atom. The minimum Gasteiger partial charge on any atom is -0.360 e. The van der Waals surface area contributed by atoms with Gasteiger partial charge in [0.2, 0.25) is 0 Å². The Labute approximate surface area is 161 Å². The van der Waals surface area contributed by atoms with E-state index in [4.69, 9.17) is 4.74 Å². The van der Waals surface area contributed by atoms with Crippen LogP contribution in [0.5, 0.6) is 0 Å². The number of ether oxygens (including phenoxy) is 1. The van der Waals surface area contributed by atoms with Crippen LogP contribution in [0.25, 0.3) is 0 Å². The lowest BCUT2D eigenvalue weighted by Gasteiger charge is -2.49. The normalized spacial score (nSPS) is 22.9. The van der Waals surface area contributed by atoms with E-state index in [0.717, 1.165) is 44.6 Å². The zero-order valence-corrected chi connectivity index (χ0v) is 16.0. The Kier molecular flexibility index (Phi) is 5.28. The molecule has 1 amide bonds. The molecule has 2 saturated heterocycles. The molecule has 2 aromatic rings. The van der Waals surface area contributed by atoms with E-state index in [1.807, 2.05) is 42.2 Å². The van der Waals surface area contributed by atoms with Crippen molar-refractivity contribution < 1.29 is 9.53 Å². The third-order valence-electron chi connectivity index (χ3n) is 5.88. The quantitative estimate of drug-likeness (QED) is 0.832. The largest absolute Gasteiger partial charge is 0.360 e. The standard InChI is InChI=1S/C23H28N2O2/c1-19-22(26)25(21-10-6-3-7-11-21)18-23(27-19)13-16-24(17-14-23)15-12-20-8-4-2-5-9-20/h2-11,19H,12-18H2,1H3/t19-/m0/s1. The summed E-state index contributed by atoms with van der Waals surface area (Å²) in [6, 6.07) is 20.6. The van der Waals surface area contributed by atoms with Crippen molar-refractivity contribution in [1.82, 2.24) is 4.90 Å². The van der Waals surface area contributed by atoms with E-state index in [1.165, 1.54) is 5.56 Å². The first kappa shape index (κ1) is 18.2. The van der Waals surface area contributed by atoms with Crippen LogP contribution in [0, 0.1) is 0 Å². The first-order valence-corrected chi connectivity index (χ1v) is 9.96. The van der Waals surface area contributed by atoms with Crippen LogP contribution >= 0.6 is 0 Å². The second kappa shape index (κ2) is 7.83. The lowest BCUT2D eigenvalue weighted by atomic mass is 9.88. The molecule has 2 heterocycles. The molecule has 0 unspecified atom stereocenters. The Hall–Kier alpha value is -2.17. The lowest BCUT2D eigenvalue weighted by molar-refractivity contribution is -0.161. The number of amides is 1. The summed E-state index contributed by atoms with van der Waals surface area (Å²) in [4.78, 5) is 17.1. The number of rotatable bonds is 4. The maximum atomic E-state index is 12.7. The van der Waals surface area contributed by atoms with Gasteiger partial charge in [0, 0.05) is 25.3 Å². The molecule has 2 fully saturated rings. The van der Waals surface area contributed by atoms with Crippen LogP contribution in [0.3, 0.4) is 0 Å². The first-order chi connectivity index (χ1) is 13.2. The fourth-order valence-electron chi connectivity index (χ4n) is 4.27. The molecule has 2 aliphatic heterocycles. The minimum atomic E-state index is -0.380. The van der Waals surface area contributed by atoms with Crippen molar-refractivity contribution >= 4 is 11.6 Å². The van der Waals surface area contributed by atoms with Gasteiger partial charge in [0.05, 0.1) is 12.1 Å². The first-order valence-electron chi connectivity index (χ1n) is 9.96. The zero-order valence-electron chi connectivity index (χ0n) is 16.0. The van der Waals surface area contributed by atoms with Crippen molar-refractivity contribution in [2.75, 3.05) is 31.1 Å². The highest BCUT2D eigenvalue weighted by Gasteiger charge is 2.45. The highest BCUT2D eigenvalue weighted by molar-refractivity contribution is 5.97. The predicted molar refractivity (Wildman–Crippen MR) is 108 cm³/mol. The van der Waals surface area contributed by atoms with Gasteiger partial charge in [-0.05, 0) is 43.9 Å². The van der Waals surface area contributed by atoms with Crippen LogP contribution in [0.1, 0.15) is 25.3 Å². The monoisotopic (exact) mass is 364 g/mol. The summed E-state index contributed by atoms with van der Waals surface area (Å²) in [5.74, 6) is 0.0679. The Bertz CT molecular complexity index is 754. The number of anilines is 1. The molecule has 4 rings (SSSR count). The number of morpholine rings is 1. The second-order valence-electron chi connectivity index (χ2n) is 7.78.